The fraction of sp³-hybridized carbons (Fsp3) is 0.143. The number of hydrogen-bond donors (Lipinski definition) is 2. The predicted octanol–water partition coefficient (Wildman–Crippen LogP) is 5.65. The van der Waals surface area contributed by atoms with Crippen LogP contribution in [0.25, 0.3) is 11.3 Å². The third-order valence-electron chi connectivity index (χ3n) is 6.13. The molecule has 0 radical (unpaired) electrons. The number of methoxy groups -OCH3 is 2. The Balaban J connectivity index is 1.69. The van der Waals surface area contributed by atoms with Crippen LogP contribution in [0.3, 0.4) is 0 Å². The Morgan fingerprint density at radius 1 is 1.05 bits per heavy atom. The van der Waals surface area contributed by atoms with Crippen LogP contribution in [-0.2, 0) is 6.61 Å². The highest BCUT2D eigenvalue weighted by Gasteiger charge is 2.38. The number of aromatic nitrogens is 2. The summed E-state index contributed by atoms with van der Waals surface area (Å²) in [6.45, 7) is 0.356. The molecule has 0 bridgehead atoms. The van der Waals surface area contributed by atoms with Gasteiger partial charge >= 0.3 is 0 Å². The van der Waals surface area contributed by atoms with E-state index in [2.05, 4.69) is 32.2 Å². The number of halogens is 1. The Morgan fingerprint density at radius 2 is 1.84 bits per heavy atom. The molecule has 1 atom stereocenters. The number of nitrogens with two attached hydrogens (primary N) is 1. The van der Waals surface area contributed by atoms with E-state index in [1.807, 2.05) is 66.7 Å². The van der Waals surface area contributed by atoms with Crippen molar-refractivity contribution in [2.24, 2.45) is 5.73 Å². The zero-order chi connectivity index (χ0) is 25.9. The number of benzene rings is 3. The maximum atomic E-state index is 10.2. The van der Waals surface area contributed by atoms with Crippen molar-refractivity contribution in [1.29, 1.82) is 5.26 Å². The van der Waals surface area contributed by atoms with Gasteiger partial charge in [0.15, 0.2) is 0 Å². The molecule has 8 nitrogen and oxygen atoms in total. The van der Waals surface area contributed by atoms with Crippen molar-refractivity contribution >= 4 is 15.9 Å². The number of H-pyrrole nitrogens is 1. The highest BCUT2D eigenvalue weighted by atomic mass is 79.9. The first-order chi connectivity index (χ1) is 18.0. The number of aromatic amines is 1. The standard InChI is InChI=1S/C28H23BrN4O4/c1-34-18-9-11-22(35-2)20(13-18)26-25-24(21(14-30)27(31)37-28(25)33-32-26)19-12-17(29)8-10-23(19)36-15-16-6-4-3-5-7-16/h3-13,24H,15,31H2,1-2H3,(H,32,33). The fourth-order valence-electron chi connectivity index (χ4n) is 4.38. The topological polar surface area (TPSA) is 115 Å². The first-order valence-corrected chi connectivity index (χ1v) is 12.2. The number of rotatable bonds is 7. The van der Waals surface area contributed by atoms with E-state index < -0.39 is 5.92 Å². The number of fused-ring (bicyclic) bond motifs is 1. The normalized spacial score (nSPS) is 14.4. The average molecular weight is 559 g/mol. The summed E-state index contributed by atoms with van der Waals surface area (Å²) in [5.41, 5.74) is 10.2. The minimum atomic E-state index is -0.623. The molecular weight excluding hydrogens is 536 g/mol. The van der Waals surface area contributed by atoms with Gasteiger partial charge in [-0.25, -0.2) is 0 Å². The predicted molar refractivity (Wildman–Crippen MR) is 141 cm³/mol. The molecule has 1 aromatic heterocycles. The summed E-state index contributed by atoms with van der Waals surface area (Å²) in [4.78, 5) is 0. The summed E-state index contributed by atoms with van der Waals surface area (Å²) in [5.74, 6) is 1.48. The van der Waals surface area contributed by atoms with Crippen LogP contribution in [-0.4, -0.2) is 24.4 Å². The van der Waals surface area contributed by atoms with E-state index >= 15 is 0 Å². The lowest BCUT2D eigenvalue weighted by Crippen LogP contribution is -2.21. The fourth-order valence-corrected chi connectivity index (χ4v) is 4.76. The molecule has 0 saturated heterocycles. The van der Waals surface area contributed by atoms with Gasteiger partial charge in [0.1, 0.15) is 35.5 Å². The Morgan fingerprint density at radius 3 is 2.57 bits per heavy atom. The molecule has 0 spiro atoms. The molecule has 186 valence electrons. The van der Waals surface area contributed by atoms with E-state index in [-0.39, 0.29) is 17.3 Å². The van der Waals surface area contributed by atoms with Crippen LogP contribution in [0.4, 0.5) is 0 Å². The third kappa shape index (κ3) is 4.59. The van der Waals surface area contributed by atoms with Gasteiger partial charge in [-0.3, -0.25) is 5.10 Å². The third-order valence-corrected chi connectivity index (χ3v) is 6.63. The molecule has 0 amide bonds. The second kappa shape index (κ2) is 10.3. The minimum Gasteiger partial charge on any atom is -0.497 e. The molecule has 1 aliphatic heterocycles. The van der Waals surface area contributed by atoms with E-state index in [4.69, 9.17) is 24.7 Å². The lowest BCUT2D eigenvalue weighted by Gasteiger charge is -2.26. The molecule has 1 aliphatic rings. The van der Waals surface area contributed by atoms with Crippen molar-refractivity contribution in [2.75, 3.05) is 14.2 Å². The Hall–Kier alpha value is -4.42. The molecule has 9 heteroatoms. The molecule has 5 rings (SSSR count). The van der Waals surface area contributed by atoms with Crippen molar-refractivity contribution in [3.8, 4) is 40.5 Å². The van der Waals surface area contributed by atoms with Crippen LogP contribution >= 0.6 is 15.9 Å². The van der Waals surface area contributed by atoms with E-state index in [9.17, 15) is 5.26 Å². The van der Waals surface area contributed by atoms with Crippen LogP contribution in [0.2, 0.25) is 0 Å². The van der Waals surface area contributed by atoms with Crippen molar-refractivity contribution < 1.29 is 18.9 Å². The van der Waals surface area contributed by atoms with Crippen molar-refractivity contribution in [3.05, 3.63) is 99.3 Å². The van der Waals surface area contributed by atoms with E-state index in [1.165, 1.54) is 0 Å². The molecule has 3 N–H and O–H groups in total. The van der Waals surface area contributed by atoms with Gasteiger partial charge in [0, 0.05) is 15.6 Å². The minimum absolute atomic E-state index is 0.00959. The maximum absolute atomic E-state index is 10.2. The number of nitrogens with zero attached hydrogens (tertiary/aromatic N) is 2. The van der Waals surface area contributed by atoms with Crippen LogP contribution in [0.1, 0.15) is 22.6 Å². The summed E-state index contributed by atoms with van der Waals surface area (Å²) in [5, 5.41) is 17.6. The van der Waals surface area contributed by atoms with Gasteiger partial charge in [0.05, 0.1) is 31.4 Å². The zero-order valence-corrected chi connectivity index (χ0v) is 21.7. The number of allylic oxidation sites excluding steroid dienone is 1. The smallest absolute Gasteiger partial charge is 0.244 e. The number of nitrogens with one attached hydrogen (secondary N) is 1. The van der Waals surface area contributed by atoms with Crippen molar-refractivity contribution in [3.63, 3.8) is 0 Å². The van der Waals surface area contributed by atoms with Gasteiger partial charge in [-0.15, -0.1) is 5.10 Å². The first kappa shape index (κ1) is 24.3. The molecule has 4 aromatic rings. The van der Waals surface area contributed by atoms with Crippen LogP contribution < -0.4 is 24.7 Å². The molecule has 0 fully saturated rings. The SMILES string of the molecule is COc1ccc(OC)c(-c2[nH]nc3c2C(c2cc(Br)ccc2OCc2ccccc2)C(C#N)=C(N)O3)c1. The molecular formula is C28H23BrN4O4. The van der Waals surface area contributed by atoms with E-state index in [1.54, 1.807) is 14.2 Å². The second-order valence-corrected chi connectivity index (χ2v) is 9.18. The summed E-state index contributed by atoms with van der Waals surface area (Å²) in [7, 11) is 3.18. The number of ether oxygens (including phenoxy) is 4. The Kier molecular flexibility index (Phi) is 6.75. The summed E-state index contributed by atoms with van der Waals surface area (Å²) in [6.07, 6.45) is 0. The van der Waals surface area contributed by atoms with Crippen LogP contribution in [0.5, 0.6) is 23.1 Å². The molecule has 3 aromatic carbocycles. The van der Waals surface area contributed by atoms with Crippen molar-refractivity contribution in [2.45, 2.75) is 12.5 Å². The monoisotopic (exact) mass is 558 g/mol. The van der Waals surface area contributed by atoms with E-state index in [0.717, 1.165) is 15.6 Å². The van der Waals surface area contributed by atoms with Crippen molar-refractivity contribution in [1.82, 2.24) is 10.2 Å². The number of nitriles is 1. The van der Waals surface area contributed by atoms with Gasteiger partial charge in [0.2, 0.25) is 11.8 Å². The molecule has 37 heavy (non-hydrogen) atoms. The summed E-state index contributed by atoms with van der Waals surface area (Å²) < 4.78 is 24.0. The van der Waals surface area contributed by atoms with Gasteiger partial charge in [-0.1, -0.05) is 46.3 Å². The van der Waals surface area contributed by atoms with Gasteiger partial charge in [0.25, 0.3) is 0 Å². The first-order valence-electron chi connectivity index (χ1n) is 11.4. The maximum Gasteiger partial charge on any atom is 0.244 e. The van der Waals surface area contributed by atoms with E-state index in [0.29, 0.717) is 40.7 Å². The molecule has 1 unspecified atom stereocenters. The largest absolute Gasteiger partial charge is 0.497 e. The van der Waals surface area contributed by atoms with Gasteiger partial charge in [-0.05, 0) is 42.0 Å². The highest BCUT2D eigenvalue weighted by Crippen LogP contribution is 2.50. The highest BCUT2D eigenvalue weighted by molar-refractivity contribution is 9.10. The number of hydrogen-bond acceptors (Lipinski definition) is 7. The zero-order valence-electron chi connectivity index (χ0n) is 20.1. The Bertz CT molecular complexity index is 1530. The second-order valence-electron chi connectivity index (χ2n) is 8.26. The quantitative estimate of drug-likeness (QED) is 0.301. The Labute approximate surface area is 222 Å². The molecule has 2 heterocycles. The molecule has 0 saturated carbocycles. The average Bonchev–Trinajstić information content (AvgIpc) is 3.34. The molecule has 0 aliphatic carbocycles. The van der Waals surface area contributed by atoms with Gasteiger partial charge < -0.3 is 24.7 Å². The van der Waals surface area contributed by atoms with Crippen LogP contribution in [0.15, 0.2) is 82.7 Å². The van der Waals surface area contributed by atoms with Gasteiger partial charge in [-0.2, -0.15) is 5.26 Å². The lowest BCUT2D eigenvalue weighted by atomic mass is 9.82. The summed E-state index contributed by atoms with van der Waals surface area (Å²) >= 11 is 3.57. The lowest BCUT2D eigenvalue weighted by molar-refractivity contribution is 0.301. The summed E-state index contributed by atoms with van der Waals surface area (Å²) in [6, 6.07) is 23.2. The van der Waals surface area contributed by atoms with Crippen LogP contribution in [0, 0.1) is 11.3 Å².